The van der Waals surface area contributed by atoms with E-state index in [1.807, 2.05) is 6.07 Å². The molecular weight excluding hydrogens is 268 g/mol. The second-order valence-corrected chi connectivity index (χ2v) is 5.97. The number of fused-ring (bicyclic) bond motifs is 1. The summed E-state index contributed by atoms with van der Waals surface area (Å²) in [6.45, 7) is 3.89. The van der Waals surface area contributed by atoms with Gasteiger partial charge in [0.15, 0.2) is 0 Å². The molecule has 1 N–H and O–H groups in total. The summed E-state index contributed by atoms with van der Waals surface area (Å²) < 4.78 is 0.501. The molecule has 0 radical (unpaired) electrons. The number of rotatable bonds is 2. The number of aromatic nitrogens is 2. The van der Waals surface area contributed by atoms with E-state index in [9.17, 15) is 0 Å². The smallest absolute Gasteiger partial charge is 0.207 e. The third-order valence-corrected chi connectivity index (χ3v) is 4.08. The third-order valence-electron chi connectivity index (χ3n) is 3.08. The molecule has 1 aliphatic rings. The zero-order valence-corrected chi connectivity index (χ0v) is 11.5. The molecule has 1 atom stereocenters. The Labute approximate surface area is 115 Å². The summed E-state index contributed by atoms with van der Waals surface area (Å²) >= 11 is 7.27. The van der Waals surface area contributed by atoms with Crippen molar-refractivity contribution in [3.8, 4) is 0 Å². The summed E-state index contributed by atoms with van der Waals surface area (Å²) in [4.78, 5) is 2.34. The minimum atomic E-state index is 0.419. The lowest BCUT2D eigenvalue weighted by Gasteiger charge is -2.37. The maximum Gasteiger partial charge on any atom is 0.207 e. The van der Waals surface area contributed by atoms with Gasteiger partial charge in [-0.3, -0.25) is 0 Å². The van der Waals surface area contributed by atoms with Crippen molar-refractivity contribution in [2.45, 2.75) is 19.5 Å². The number of benzene rings is 1. The second kappa shape index (κ2) is 4.74. The first-order chi connectivity index (χ1) is 8.74. The number of nitrogens with one attached hydrogen (secondary N) is 1. The standard InChI is InChI=1S/C12H13ClN4S/c1-8-6-14-9-4-2-3-5-10(9)17(8)7-11-15-16-12(13)18-11/h2-5,8,14H,6-7H2,1H3. The zero-order chi connectivity index (χ0) is 12.5. The fourth-order valence-electron chi connectivity index (χ4n) is 2.16. The average Bonchev–Trinajstić information content (AvgIpc) is 2.79. The molecule has 6 heteroatoms. The first-order valence-electron chi connectivity index (χ1n) is 5.81. The van der Waals surface area contributed by atoms with E-state index in [0.29, 0.717) is 10.5 Å². The molecule has 1 aromatic carbocycles. The summed E-state index contributed by atoms with van der Waals surface area (Å²) in [5, 5.41) is 12.3. The zero-order valence-electron chi connectivity index (χ0n) is 9.93. The molecule has 0 bridgehead atoms. The highest BCUT2D eigenvalue weighted by molar-refractivity contribution is 7.15. The van der Waals surface area contributed by atoms with Gasteiger partial charge in [-0.2, -0.15) is 0 Å². The van der Waals surface area contributed by atoms with Gasteiger partial charge >= 0.3 is 0 Å². The molecular formula is C12H13ClN4S. The lowest BCUT2D eigenvalue weighted by Crippen LogP contribution is -2.41. The van der Waals surface area contributed by atoms with Gasteiger partial charge in [0.25, 0.3) is 0 Å². The molecule has 0 saturated heterocycles. The predicted octanol–water partition coefficient (Wildman–Crippen LogP) is 3.01. The predicted molar refractivity (Wildman–Crippen MR) is 75.5 cm³/mol. The number of nitrogens with zero attached hydrogens (tertiary/aromatic N) is 3. The molecule has 18 heavy (non-hydrogen) atoms. The number of para-hydroxylation sites is 2. The van der Waals surface area contributed by atoms with Crippen LogP contribution in [0, 0.1) is 0 Å². The molecule has 2 heterocycles. The van der Waals surface area contributed by atoms with Gasteiger partial charge in [-0.1, -0.05) is 23.5 Å². The summed E-state index contributed by atoms with van der Waals surface area (Å²) in [6, 6.07) is 8.74. The Kier molecular flexibility index (Phi) is 3.09. The van der Waals surface area contributed by atoms with Crippen LogP contribution in [0.5, 0.6) is 0 Å². The number of hydrogen-bond donors (Lipinski definition) is 1. The van der Waals surface area contributed by atoms with Crippen LogP contribution < -0.4 is 10.2 Å². The van der Waals surface area contributed by atoms with Gasteiger partial charge in [-0.25, -0.2) is 0 Å². The molecule has 1 unspecified atom stereocenters. The van der Waals surface area contributed by atoms with Crippen molar-refractivity contribution in [1.29, 1.82) is 0 Å². The lowest BCUT2D eigenvalue weighted by molar-refractivity contribution is 0.637. The summed E-state index contributed by atoms with van der Waals surface area (Å²) in [7, 11) is 0. The first kappa shape index (κ1) is 11.7. The Hall–Kier alpha value is -1.33. The van der Waals surface area contributed by atoms with Gasteiger partial charge in [-0.15, -0.1) is 10.2 Å². The van der Waals surface area contributed by atoms with Crippen molar-refractivity contribution in [1.82, 2.24) is 10.2 Å². The topological polar surface area (TPSA) is 41.0 Å². The number of anilines is 2. The quantitative estimate of drug-likeness (QED) is 0.918. The van der Waals surface area contributed by atoms with E-state index in [0.717, 1.165) is 18.1 Å². The summed E-state index contributed by atoms with van der Waals surface area (Å²) in [5.74, 6) is 0. The van der Waals surface area contributed by atoms with Crippen molar-refractivity contribution in [2.24, 2.45) is 0 Å². The first-order valence-corrected chi connectivity index (χ1v) is 7.01. The second-order valence-electron chi connectivity index (χ2n) is 4.32. The van der Waals surface area contributed by atoms with Gasteiger partial charge in [0.05, 0.1) is 17.9 Å². The normalized spacial score (nSPS) is 18.3. The van der Waals surface area contributed by atoms with E-state index in [1.165, 1.54) is 22.7 Å². The largest absolute Gasteiger partial charge is 0.381 e. The van der Waals surface area contributed by atoms with Crippen molar-refractivity contribution in [2.75, 3.05) is 16.8 Å². The van der Waals surface area contributed by atoms with Crippen molar-refractivity contribution in [3.63, 3.8) is 0 Å². The maximum atomic E-state index is 5.83. The Morgan fingerprint density at radius 2 is 2.28 bits per heavy atom. The maximum absolute atomic E-state index is 5.83. The molecule has 0 saturated carbocycles. The minimum Gasteiger partial charge on any atom is -0.381 e. The molecule has 0 amide bonds. The molecule has 0 fully saturated rings. The Balaban J connectivity index is 1.91. The summed E-state index contributed by atoms with van der Waals surface area (Å²) in [6.07, 6.45) is 0. The highest BCUT2D eigenvalue weighted by Gasteiger charge is 2.23. The number of halogens is 1. The van der Waals surface area contributed by atoms with E-state index in [4.69, 9.17) is 11.6 Å². The van der Waals surface area contributed by atoms with E-state index in [2.05, 4.69) is 45.5 Å². The van der Waals surface area contributed by atoms with Gasteiger partial charge < -0.3 is 10.2 Å². The van der Waals surface area contributed by atoms with Crippen LogP contribution in [0.25, 0.3) is 0 Å². The van der Waals surface area contributed by atoms with E-state index in [1.54, 1.807) is 0 Å². The van der Waals surface area contributed by atoms with Crippen LogP contribution >= 0.6 is 22.9 Å². The Bertz CT molecular complexity index is 557. The minimum absolute atomic E-state index is 0.419. The van der Waals surface area contributed by atoms with E-state index >= 15 is 0 Å². The van der Waals surface area contributed by atoms with Gasteiger partial charge in [0, 0.05) is 12.6 Å². The van der Waals surface area contributed by atoms with Crippen LogP contribution in [0.4, 0.5) is 11.4 Å². The summed E-state index contributed by atoms with van der Waals surface area (Å²) in [5.41, 5.74) is 2.38. The lowest BCUT2D eigenvalue weighted by atomic mass is 10.1. The SMILES string of the molecule is CC1CNc2ccccc2N1Cc1nnc(Cl)s1. The van der Waals surface area contributed by atoms with Crippen LogP contribution in [0.2, 0.25) is 4.47 Å². The molecule has 94 valence electrons. The van der Waals surface area contributed by atoms with Crippen molar-refractivity contribution in [3.05, 3.63) is 33.7 Å². The van der Waals surface area contributed by atoms with Crippen LogP contribution in [-0.2, 0) is 6.54 Å². The van der Waals surface area contributed by atoms with Gasteiger partial charge in [0.1, 0.15) is 5.01 Å². The highest BCUT2D eigenvalue weighted by Crippen LogP contribution is 2.32. The molecule has 1 aliphatic heterocycles. The monoisotopic (exact) mass is 280 g/mol. The third kappa shape index (κ3) is 2.15. The molecule has 0 spiro atoms. The van der Waals surface area contributed by atoms with E-state index in [-0.39, 0.29) is 0 Å². The Morgan fingerprint density at radius 1 is 1.44 bits per heavy atom. The molecule has 1 aromatic heterocycles. The molecule has 3 rings (SSSR count). The van der Waals surface area contributed by atoms with Gasteiger partial charge in [0.2, 0.25) is 4.47 Å². The van der Waals surface area contributed by atoms with E-state index < -0.39 is 0 Å². The fourth-order valence-corrected chi connectivity index (χ4v) is 3.03. The fraction of sp³-hybridized carbons (Fsp3) is 0.333. The van der Waals surface area contributed by atoms with Crippen LogP contribution in [0.1, 0.15) is 11.9 Å². The molecule has 4 nitrogen and oxygen atoms in total. The molecule has 0 aliphatic carbocycles. The van der Waals surface area contributed by atoms with Gasteiger partial charge in [-0.05, 0) is 30.7 Å². The van der Waals surface area contributed by atoms with Crippen LogP contribution in [-0.4, -0.2) is 22.8 Å². The van der Waals surface area contributed by atoms with Crippen molar-refractivity contribution >= 4 is 34.3 Å². The van der Waals surface area contributed by atoms with Crippen LogP contribution in [0.15, 0.2) is 24.3 Å². The van der Waals surface area contributed by atoms with Crippen LogP contribution in [0.3, 0.4) is 0 Å². The Morgan fingerprint density at radius 3 is 3.06 bits per heavy atom. The average molecular weight is 281 g/mol. The number of hydrogen-bond acceptors (Lipinski definition) is 5. The van der Waals surface area contributed by atoms with Crippen molar-refractivity contribution < 1.29 is 0 Å². The molecule has 2 aromatic rings. The highest BCUT2D eigenvalue weighted by atomic mass is 35.5.